The molecule has 6 heteroatoms. The van der Waals surface area contributed by atoms with Gasteiger partial charge in [0.15, 0.2) is 0 Å². The van der Waals surface area contributed by atoms with Crippen LogP contribution in [0.25, 0.3) is 0 Å². The van der Waals surface area contributed by atoms with Crippen LogP contribution in [0.3, 0.4) is 0 Å². The van der Waals surface area contributed by atoms with E-state index in [1.165, 1.54) is 5.01 Å². The van der Waals surface area contributed by atoms with E-state index < -0.39 is 5.97 Å². The zero-order valence-corrected chi connectivity index (χ0v) is 14.8. The van der Waals surface area contributed by atoms with Gasteiger partial charge in [-0.1, -0.05) is 42.5 Å². The lowest BCUT2D eigenvalue weighted by Gasteiger charge is -2.11. The van der Waals surface area contributed by atoms with Crippen LogP contribution in [-0.2, 0) is 20.9 Å². The van der Waals surface area contributed by atoms with Gasteiger partial charge in [-0.15, -0.1) is 0 Å². The normalized spacial score (nSPS) is 13.0. The molecule has 0 radical (unpaired) electrons. The molecule has 2 aromatic rings. The summed E-state index contributed by atoms with van der Waals surface area (Å²) in [6.45, 7) is 0.655. The van der Waals surface area contributed by atoms with Crippen molar-refractivity contribution >= 4 is 17.6 Å². The van der Waals surface area contributed by atoms with Crippen molar-refractivity contribution in [3.8, 4) is 6.07 Å². The van der Waals surface area contributed by atoms with Gasteiger partial charge in [-0.05, 0) is 23.3 Å². The summed E-state index contributed by atoms with van der Waals surface area (Å²) in [6.07, 6.45) is 0.790. The molecule has 136 valence electrons. The Labute approximate surface area is 157 Å². The number of ether oxygens (including phenoxy) is 1. The molecule has 6 nitrogen and oxygen atoms in total. The fraction of sp³-hybridized carbons (Fsp3) is 0.238. The van der Waals surface area contributed by atoms with E-state index in [9.17, 15) is 9.59 Å². The van der Waals surface area contributed by atoms with E-state index >= 15 is 0 Å². The number of esters is 1. The topological polar surface area (TPSA) is 82.8 Å². The van der Waals surface area contributed by atoms with E-state index in [4.69, 9.17) is 10.00 Å². The molecule has 0 bridgehead atoms. The van der Waals surface area contributed by atoms with Crippen LogP contribution in [0, 0.1) is 11.3 Å². The SMILES string of the molecule is N#Cc1ccc(COC(=O)CCC(=O)N2CCC(c3ccccc3)=N2)cc1. The van der Waals surface area contributed by atoms with Gasteiger partial charge in [-0.3, -0.25) is 9.59 Å². The number of hydrazone groups is 1. The lowest BCUT2D eigenvalue weighted by atomic mass is 10.1. The predicted molar refractivity (Wildman–Crippen MR) is 99.5 cm³/mol. The largest absolute Gasteiger partial charge is 0.461 e. The van der Waals surface area contributed by atoms with E-state index in [0.29, 0.717) is 18.5 Å². The molecule has 0 aliphatic carbocycles. The van der Waals surface area contributed by atoms with Crippen LogP contribution < -0.4 is 0 Å². The van der Waals surface area contributed by atoms with Gasteiger partial charge in [0.2, 0.25) is 5.91 Å². The maximum Gasteiger partial charge on any atom is 0.306 e. The number of amides is 1. The molecule has 1 amide bonds. The molecule has 2 aromatic carbocycles. The zero-order chi connectivity index (χ0) is 19.1. The molecule has 1 aliphatic rings. The van der Waals surface area contributed by atoms with E-state index in [0.717, 1.165) is 16.8 Å². The van der Waals surface area contributed by atoms with Gasteiger partial charge < -0.3 is 4.74 Å². The Morgan fingerprint density at radius 1 is 1.07 bits per heavy atom. The summed E-state index contributed by atoms with van der Waals surface area (Å²) in [5.74, 6) is -0.615. The third-order valence-corrected chi connectivity index (χ3v) is 4.22. The highest BCUT2D eigenvalue weighted by Gasteiger charge is 2.22. The van der Waals surface area contributed by atoms with Crippen LogP contribution in [0.5, 0.6) is 0 Å². The Balaban J connectivity index is 1.44. The summed E-state index contributed by atoms with van der Waals surface area (Å²) >= 11 is 0. The van der Waals surface area contributed by atoms with Gasteiger partial charge in [0.05, 0.1) is 30.3 Å². The molecule has 0 atom stereocenters. The van der Waals surface area contributed by atoms with Gasteiger partial charge in [0.25, 0.3) is 0 Å². The van der Waals surface area contributed by atoms with Gasteiger partial charge in [-0.2, -0.15) is 10.4 Å². The minimum Gasteiger partial charge on any atom is -0.461 e. The van der Waals surface area contributed by atoms with Crippen LogP contribution in [0.1, 0.15) is 36.0 Å². The van der Waals surface area contributed by atoms with Crippen molar-refractivity contribution in [1.29, 1.82) is 5.26 Å². The number of nitriles is 1. The Kier molecular flexibility index (Phi) is 5.95. The first kappa shape index (κ1) is 18.3. The minimum absolute atomic E-state index is 0.0157. The molecular formula is C21H19N3O3. The van der Waals surface area contributed by atoms with E-state index in [-0.39, 0.29) is 25.4 Å². The molecule has 0 saturated heterocycles. The summed E-state index contributed by atoms with van der Waals surface area (Å²) in [4.78, 5) is 24.1. The molecule has 0 N–H and O–H groups in total. The number of rotatable bonds is 6. The molecule has 3 rings (SSSR count). The van der Waals surface area contributed by atoms with E-state index in [1.54, 1.807) is 24.3 Å². The molecule has 0 fully saturated rings. The molecule has 0 unspecified atom stereocenters. The van der Waals surface area contributed by atoms with Crippen molar-refractivity contribution in [2.24, 2.45) is 5.10 Å². The van der Waals surface area contributed by atoms with Gasteiger partial charge >= 0.3 is 5.97 Å². The number of hydrogen-bond acceptors (Lipinski definition) is 5. The van der Waals surface area contributed by atoms with Crippen LogP contribution in [0.4, 0.5) is 0 Å². The molecule has 0 aromatic heterocycles. The molecule has 0 saturated carbocycles. The Hall–Kier alpha value is -3.46. The summed E-state index contributed by atoms with van der Waals surface area (Å²) in [7, 11) is 0. The lowest BCUT2D eigenvalue weighted by molar-refractivity contribution is -0.147. The van der Waals surface area contributed by atoms with Crippen LogP contribution in [-0.4, -0.2) is 29.1 Å². The van der Waals surface area contributed by atoms with Gasteiger partial charge in [-0.25, -0.2) is 5.01 Å². The second-order valence-electron chi connectivity index (χ2n) is 6.15. The standard InChI is InChI=1S/C21H19N3O3/c22-14-16-6-8-17(9-7-16)15-27-21(26)11-10-20(25)24-13-12-19(23-24)18-4-2-1-3-5-18/h1-9H,10-13,15H2. The average molecular weight is 361 g/mol. The molecular weight excluding hydrogens is 342 g/mol. The average Bonchev–Trinajstić information content (AvgIpc) is 3.22. The maximum absolute atomic E-state index is 12.3. The first-order valence-electron chi connectivity index (χ1n) is 8.73. The van der Waals surface area contributed by atoms with E-state index in [2.05, 4.69) is 5.10 Å². The first-order chi connectivity index (χ1) is 13.2. The van der Waals surface area contributed by atoms with Crippen LogP contribution in [0.2, 0.25) is 0 Å². The summed E-state index contributed by atoms with van der Waals surface area (Å²) in [5, 5.41) is 14.6. The predicted octanol–water partition coefficient (Wildman–Crippen LogP) is 3.02. The Morgan fingerprint density at radius 3 is 2.52 bits per heavy atom. The second-order valence-corrected chi connectivity index (χ2v) is 6.15. The lowest BCUT2D eigenvalue weighted by Crippen LogP contribution is -2.24. The minimum atomic E-state index is -0.431. The summed E-state index contributed by atoms with van der Waals surface area (Å²) in [5.41, 5.74) is 3.24. The van der Waals surface area contributed by atoms with Crippen molar-refractivity contribution in [1.82, 2.24) is 5.01 Å². The highest BCUT2D eigenvalue weighted by Crippen LogP contribution is 2.15. The number of benzene rings is 2. The number of nitrogens with zero attached hydrogens (tertiary/aromatic N) is 3. The number of carbonyl (C=O) groups is 2. The fourth-order valence-corrected chi connectivity index (χ4v) is 2.72. The fourth-order valence-electron chi connectivity index (χ4n) is 2.72. The smallest absolute Gasteiger partial charge is 0.306 e. The third-order valence-electron chi connectivity index (χ3n) is 4.22. The monoisotopic (exact) mass is 361 g/mol. The quantitative estimate of drug-likeness (QED) is 0.741. The summed E-state index contributed by atoms with van der Waals surface area (Å²) in [6, 6.07) is 18.6. The van der Waals surface area contributed by atoms with Crippen molar-refractivity contribution in [2.75, 3.05) is 6.54 Å². The second kappa shape index (κ2) is 8.77. The van der Waals surface area contributed by atoms with Gasteiger partial charge in [0, 0.05) is 12.8 Å². The number of hydrogen-bond donors (Lipinski definition) is 0. The van der Waals surface area contributed by atoms with Crippen molar-refractivity contribution in [2.45, 2.75) is 25.9 Å². The highest BCUT2D eigenvalue weighted by atomic mass is 16.5. The van der Waals surface area contributed by atoms with Crippen molar-refractivity contribution in [3.63, 3.8) is 0 Å². The molecule has 1 heterocycles. The molecule has 27 heavy (non-hydrogen) atoms. The molecule has 1 aliphatic heterocycles. The first-order valence-corrected chi connectivity index (χ1v) is 8.73. The molecule has 0 spiro atoms. The van der Waals surface area contributed by atoms with E-state index in [1.807, 2.05) is 36.4 Å². The maximum atomic E-state index is 12.3. The summed E-state index contributed by atoms with van der Waals surface area (Å²) < 4.78 is 5.18. The Morgan fingerprint density at radius 2 is 1.81 bits per heavy atom. The Bertz CT molecular complexity index is 883. The van der Waals surface area contributed by atoms with Crippen molar-refractivity contribution < 1.29 is 14.3 Å². The third kappa shape index (κ3) is 5.02. The zero-order valence-electron chi connectivity index (χ0n) is 14.8. The van der Waals surface area contributed by atoms with Crippen LogP contribution in [0.15, 0.2) is 59.7 Å². The van der Waals surface area contributed by atoms with Crippen LogP contribution >= 0.6 is 0 Å². The highest BCUT2D eigenvalue weighted by molar-refractivity contribution is 6.02. The number of carbonyl (C=O) groups excluding carboxylic acids is 2. The van der Waals surface area contributed by atoms with Gasteiger partial charge in [0.1, 0.15) is 6.61 Å². The van der Waals surface area contributed by atoms with Crippen molar-refractivity contribution in [3.05, 3.63) is 71.3 Å².